The zero-order chi connectivity index (χ0) is 19.6. The fourth-order valence-electron chi connectivity index (χ4n) is 2.93. The molecule has 0 unspecified atom stereocenters. The van der Waals surface area contributed by atoms with Gasteiger partial charge in [-0.3, -0.25) is 0 Å². The molecule has 0 N–H and O–H groups in total. The minimum absolute atomic E-state index is 0.182. The van der Waals surface area contributed by atoms with Gasteiger partial charge < -0.3 is 9.47 Å². The predicted octanol–water partition coefficient (Wildman–Crippen LogP) is 4.64. The second-order valence-corrected chi connectivity index (χ2v) is 7.39. The summed E-state index contributed by atoms with van der Waals surface area (Å²) < 4.78 is 26.2. The Morgan fingerprint density at radius 2 is 1.59 bits per heavy atom. The van der Waals surface area contributed by atoms with Crippen LogP contribution in [0.1, 0.15) is 10.8 Å². The minimum Gasteiger partial charge on any atom is -0.486 e. The number of benzene rings is 3. The molecule has 0 saturated heterocycles. The van der Waals surface area contributed by atoms with Gasteiger partial charge in [0.05, 0.1) is 0 Å². The molecular weight excluding hydrogens is 391 g/mol. The van der Waals surface area contributed by atoms with E-state index in [-0.39, 0.29) is 12.4 Å². The van der Waals surface area contributed by atoms with Crippen LogP contribution < -0.4 is 9.47 Å². The maximum Gasteiger partial charge on any atom is 0.234 e. The minimum atomic E-state index is -0.308. The smallest absolute Gasteiger partial charge is 0.234 e. The maximum absolute atomic E-state index is 13.0. The van der Waals surface area contributed by atoms with Crippen molar-refractivity contribution in [2.45, 2.75) is 13.2 Å². The van der Waals surface area contributed by atoms with Crippen molar-refractivity contribution >= 4 is 27.1 Å². The van der Waals surface area contributed by atoms with Gasteiger partial charge in [-0.25, -0.2) is 4.39 Å². The molecule has 0 spiro atoms. The van der Waals surface area contributed by atoms with E-state index < -0.39 is 0 Å². The van der Waals surface area contributed by atoms with E-state index in [1.165, 1.54) is 28.9 Å². The Balaban J connectivity index is 1.28. The molecule has 2 heterocycles. The highest BCUT2D eigenvalue weighted by molar-refractivity contribution is 7.16. The van der Waals surface area contributed by atoms with Crippen molar-refractivity contribution in [1.82, 2.24) is 19.8 Å². The summed E-state index contributed by atoms with van der Waals surface area (Å²) in [6.45, 7) is 0.520. The number of rotatable bonds is 6. The third kappa shape index (κ3) is 3.74. The van der Waals surface area contributed by atoms with Crippen molar-refractivity contribution in [3.05, 3.63) is 83.4 Å². The molecule has 0 atom stereocenters. The Morgan fingerprint density at radius 1 is 0.828 bits per heavy atom. The first-order valence-corrected chi connectivity index (χ1v) is 9.76. The van der Waals surface area contributed by atoms with Crippen LogP contribution in [0.2, 0.25) is 0 Å². The molecule has 3 aromatic carbocycles. The highest BCUT2D eigenvalue weighted by Gasteiger charge is 2.13. The van der Waals surface area contributed by atoms with Crippen LogP contribution in [0.3, 0.4) is 0 Å². The fourth-order valence-corrected chi connectivity index (χ4v) is 3.69. The van der Waals surface area contributed by atoms with Gasteiger partial charge in [-0.2, -0.15) is 9.61 Å². The normalized spacial score (nSPS) is 11.2. The summed E-state index contributed by atoms with van der Waals surface area (Å²) in [7, 11) is 0. The van der Waals surface area contributed by atoms with Crippen LogP contribution in [0.25, 0.3) is 15.7 Å². The summed E-state index contributed by atoms with van der Waals surface area (Å²) in [5, 5.41) is 15.8. The zero-order valence-electron chi connectivity index (χ0n) is 15.2. The van der Waals surface area contributed by atoms with Crippen molar-refractivity contribution in [2.75, 3.05) is 0 Å². The van der Waals surface area contributed by atoms with Crippen LogP contribution >= 0.6 is 11.3 Å². The summed E-state index contributed by atoms with van der Waals surface area (Å²) in [4.78, 5) is 0.666. The van der Waals surface area contributed by atoms with Gasteiger partial charge >= 0.3 is 0 Å². The Hall–Kier alpha value is -3.52. The molecule has 2 aromatic heterocycles. The summed E-state index contributed by atoms with van der Waals surface area (Å²) in [5.41, 5.74) is 0. The molecule has 6 nitrogen and oxygen atoms in total. The molecule has 144 valence electrons. The maximum atomic E-state index is 13.0. The van der Waals surface area contributed by atoms with E-state index in [2.05, 4.69) is 27.4 Å². The van der Waals surface area contributed by atoms with E-state index in [9.17, 15) is 4.39 Å². The van der Waals surface area contributed by atoms with E-state index in [4.69, 9.17) is 9.47 Å². The van der Waals surface area contributed by atoms with E-state index in [0.717, 1.165) is 16.1 Å². The molecule has 0 amide bonds. The van der Waals surface area contributed by atoms with Crippen LogP contribution in [-0.4, -0.2) is 19.8 Å². The van der Waals surface area contributed by atoms with Crippen LogP contribution in [0.15, 0.2) is 66.7 Å². The predicted molar refractivity (Wildman–Crippen MR) is 108 cm³/mol. The lowest BCUT2D eigenvalue weighted by molar-refractivity contribution is 0.289. The van der Waals surface area contributed by atoms with Crippen molar-refractivity contribution in [3.63, 3.8) is 0 Å². The van der Waals surface area contributed by atoms with Crippen molar-refractivity contribution in [3.8, 4) is 11.5 Å². The molecule has 0 fully saturated rings. The highest BCUT2D eigenvalue weighted by atomic mass is 32.1. The summed E-state index contributed by atoms with van der Waals surface area (Å²) in [5.74, 6) is 1.60. The molecule has 0 bridgehead atoms. The van der Waals surface area contributed by atoms with Crippen LogP contribution in [0, 0.1) is 5.82 Å². The van der Waals surface area contributed by atoms with Crippen molar-refractivity contribution in [1.29, 1.82) is 0 Å². The van der Waals surface area contributed by atoms with E-state index in [0.29, 0.717) is 23.1 Å². The number of nitrogens with zero attached hydrogens (tertiary/aromatic N) is 4. The molecule has 29 heavy (non-hydrogen) atoms. The number of ether oxygens (including phenoxy) is 2. The van der Waals surface area contributed by atoms with Crippen LogP contribution in [0.4, 0.5) is 4.39 Å². The second kappa shape index (κ2) is 7.48. The molecule has 0 aliphatic carbocycles. The summed E-state index contributed by atoms with van der Waals surface area (Å²) >= 11 is 1.41. The van der Waals surface area contributed by atoms with Gasteiger partial charge in [0.25, 0.3) is 0 Å². The highest BCUT2D eigenvalue weighted by Crippen LogP contribution is 2.23. The number of hydrogen-bond donors (Lipinski definition) is 0. The quantitative estimate of drug-likeness (QED) is 0.411. The molecule has 5 rings (SSSR count). The molecule has 0 aliphatic heterocycles. The number of fused-ring (bicyclic) bond motifs is 2. The first-order chi connectivity index (χ1) is 14.2. The van der Waals surface area contributed by atoms with Gasteiger partial charge in [-0.15, -0.1) is 10.2 Å². The van der Waals surface area contributed by atoms with Crippen molar-refractivity contribution < 1.29 is 13.9 Å². The molecule has 0 saturated carbocycles. The third-order valence-electron chi connectivity index (χ3n) is 4.36. The SMILES string of the molecule is Fc1ccc(OCc2nnc3sc(COc4ccc5ccccc5c4)nn23)cc1. The molecule has 5 aromatic rings. The Morgan fingerprint density at radius 3 is 2.45 bits per heavy atom. The fraction of sp³-hybridized carbons (Fsp3) is 0.0952. The van der Waals surface area contributed by atoms with Gasteiger partial charge in [0.2, 0.25) is 4.96 Å². The first kappa shape index (κ1) is 17.6. The lowest BCUT2D eigenvalue weighted by atomic mass is 10.1. The zero-order valence-corrected chi connectivity index (χ0v) is 16.0. The molecular formula is C21H15FN4O2S. The van der Waals surface area contributed by atoms with Gasteiger partial charge in [0, 0.05) is 0 Å². The Kier molecular flexibility index (Phi) is 4.53. The first-order valence-electron chi connectivity index (χ1n) is 8.94. The number of halogens is 1. The number of aromatic nitrogens is 4. The molecule has 0 radical (unpaired) electrons. The van der Waals surface area contributed by atoms with Crippen LogP contribution in [0.5, 0.6) is 11.5 Å². The topological polar surface area (TPSA) is 61.5 Å². The van der Waals surface area contributed by atoms with Crippen LogP contribution in [-0.2, 0) is 13.2 Å². The van der Waals surface area contributed by atoms with Gasteiger partial charge in [0.15, 0.2) is 10.8 Å². The summed E-state index contributed by atoms with van der Waals surface area (Å²) in [6.07, 6.45) is 0. The lowest BCUT2D eigenvalue weighted by Crippen LogP contribution is -2.03. The van der Waals surface area contributed by atoms with E-state index in [1.54, 1.807) is 16.6 Å². The van der Waals surface area contributed by atoms with Gasteiger partial charge in [-0.1, -0.05) is 41.7 Å². The van der Waals surface area contributed by atoms with Gasteiger partial charge in [0.1, 0.15) is 30.5 Å². The van der Waals surface area contributed by atoms with Gasteiger partial charge in [-0.05, 0) is 47.2 Å². The Labute approximate surface area is 169 Å². The average molecular weight is 406 g/mol. The second-order valence-electron chi connectivity index (χ2n) is 6.35. The standard InChI is InChI=1S/C21H15FN4O2S/c22-16-6-9-17(10-7-16)27-12-19-23-24-21-26(19)25-20(29-21)13-28-18-8-5-14-3-1-2-4-15(14)11-18/h1-11H,12-13H2. The summed E-state index contributed by atoms with van der Waals surface area (Å²) in [6, 6.07) is 20.0. The largest absolute Gasteiger partial charge is 0.486 e. The van der Waals surface area contributed by atoms with E-state index in [1.807, 2.05) is 30.3 Å². The monoisotopic (exact) mass is 406 g/mol. The third-order valence-corrected chi connectivity index (χ3v) is 5.23. The Bertz CT molecular complexity index is 1280. The number of hydrogen-bond acceptors (Lipinski definition) is 6. The van der Waals surface area contributed by atoms with E-state index >= 15 is 0 Å². The molecule has 0 aliphatic rings. The lowest BCUT2D eigenvalue weighted by Gasteiger charge is -2.05. The molecule has 8 heteroatoms. The van der Waals surface area contributed by atoms with Crippen molar-refractivity contribution in [2.24, 2.45) is 0 Å². The average Bonchev–Trinajstić information content (AvgIpc) is 3.32.